The molecule has 0 saturated heterocycles. The molecule has 0 bridgehead atoms. The van der Waals surface area contributed by atoms with Crippen molar-refractivity contribution >= 4 is 67.7 Å². The minimum atomic E-state index is -1.50. The maximum atomic E-state index is 5.50. The highest BCUT2D eigenvalue weighted by Gasteiger charge is 2.15. The number of anilines is 1. The number of hydrogen-bond acceptors (Lipinski definition) is 4. The molecule has 84 valence electrons. The number of benzene rings is 1. The molecule has 1 heterocycles. The normalized spacial score (nSPS) is 12.4. The molecule has 0 aliphatic carbocycles. The van der Waals surface area contributed by atoms with Gasteiger partial charge in [-0.3, -0.25) is 5.43 Å². The molecule has 1 N–H and O–H groups in total. The Kier molecular flexibility index (Phi) is 3.54. The van der Waals surface area contributed by atoms with E-state index in [-0.39, 0.29) is 0 Å². The van der Waals surface area contributed by atoms with E-state index >= 15 is 0 Å². The van der Waals surface area contributed by atoms with Gasteiger partial charge in [0.25, 0.3) is 0 Å². The zero-order valence-corrected chi connectivity index (χ0v) is 10.9. The van der Waals surface area contributed by atoms with Crippen LogP contribution in [0.4, 0.5) is 5.13 Å². The van der Waals surface area contributed by atoms with Crippen molar-refractivity contribution in [3.8, 4) is 0 Å². The summed E-state index contributed by atoms with van der Waals surface area (Å²) in [6.45, 7) is 0. The van der Waals surface area contributed by atoms with Crippen LogP contribution in [0, 0.1) is 0 Å². The van der Waals surface area contributed by atoms with Gasteiger partial charge in [0.2, 0.25) is 8.92 Å². The predicted octanol–water partition coefficient (Wildman–Crippen LogP) is 4.06. The van der Waals surface area contributed by atoms with Crippen LogP contribution in [0.2, 0.25) is 0 Å². The Morgan fingerprint density at radius 2 is 2.06 bits per heavy atom. The maximum Gasteiger partial charge on any atom is 0.227 e. The first-order valence-electron chi connectivity index (χ1n) is 4.27. The fraction of sp³-hybridized carbons (Fsp3) is 0.111. The molecule has 0 fully saturated rings. The van der Waals surface area contributed by atoms with Crippen LogP contribution in [0.15, 0.2) is 29.4 Å². The number of nitrogens with zero attached hydrogens (tertiary/aromatic N) is 2. The standard InChI is InChI=1S/C9H6Cl3N3S/c10-9(11,12)5-13-15-8-14-6-3-1-2-4-7(6)16-8/h1-5H,(H,14,15). The van der Waals surface area contributed by atoms with Crippen molar-refractivity contribution in [3.63, 3.8) is 0 Å². The van der Waals surface area contributed by atoms with Gasteiger partial charge in [0.15, 0.2) is 0 Å². The number of hydrazone groups is 1. The van der Waals surface area contributed by atoms with E-state index in [4.69, 9.17) is 34.8 Å². The van der Waals surface area contributed by atoms with Crippen LogP contribution in [-0.4, -0.2) is 15.0 Å². The van der Waals surface area contributed by atoms with E-state index in [1.165, 1.54) is 17.6 Å². The second kappa shape index (κ2) is 4.75. The van der Waals surface area contributed by atoms with Gasteiger partial charge in [-0.05, 0) is 12.1 Å². The van der Waals surface area contributed by atoms with Crippen LogP contribution < -0.4 is 5.43 Å². The Morgan fingerprint density at radius 3 is 2.75 bits per heavy atom. The third-order valence-electron chi connectivity index (χ3n) is 1.67. The molecular formula is C9H6Cl3N3S. The van der Waals surface area contributed by atoms with Crippen molar-refractivity contribution in [2.75, 3.05) is 5.43 Å². The second-order valence-electron chi connectivity index (χ2n) is 2.90. The van der Waals surface area contributed by atoms with E-state index in [0.29, 0.717) is 5.13 Å². The van der Waals surface area contributed by atoms with E-state index in [1.54, 1.807) is 0 Å². The minimum Gasteiger partial charge on any atom is -0.253 e. The lowest BCUT2D eigenvalue weighted by Crippen LogP contribution is -2.04. The molecule has 1 aromatic carbocycles. The molecule has 0 aliphatic rings. The summed E-state index contributed by atoms with van der Waals surface area (Å²) in [7, 11) is 0. The molecule has 16 heavy (non-hydrogen) atoms. The van der Waals surface area contributed by atoms with Crippen molar-refractivity contribution in [2.24, 2.45) is 5.10 Å². The van der Waals surface area contributed by atoms with Crippen LogP contribution in [0.25, 0.3) is 10.2 Å². The number of rotatable bonds is 2. The van der Waals surface area contributed by atoms with Crippen molar-refractivity contribution in [1.29, 1.82) is 0 Å². The molecule has 3 nitrogen and oxygen atoms in total. The number of halogens is 3. The van der Waals surface area contributed by atoms with Gasteiger partial charge in [-0.25, -0.2) is 4.98 Å². The molecule has 0 atom stereocenters. The van der Waals surface area contributed by atoms with Gasteiger partial charge >= 0.3 is 0 Å². The fourth-order valence-electron chi connectivity index (χ4n) is 1.08. The number of thiazole rings is 1. The summed E-state index contributed by atoms with van der Waals surface area (Å²) >= 11 is 18.0. The van der Waals surface area contributed by atoms with Crippen molar-refractivity contribution in [1.82, 2.24) is 4.98 Å². The fourth-order valence-corrected chi connectivity index (χ4v) is 2.04. The lowest BCUT2D eigenvalue weighted by Gasteiger charge is -2.00. The van der Waals surface area contributed by atoms with Crippen molar-refractivity contribution in [3.05, 3.63) is 24.3 Å². The topological polar surface area (TPSA) is 37.3 Å². The highest BCUT2D eigenvalue weighted by Crippen LogP contribution is 2.26. The minimum absolute atomic E-state index is 0.659. The van der Waals surface area contributed by atoms with Crippen molar-refractivity contribution < 1.29 is 0 Å². The van der Waals surface area contributed by atoms with E-state index in [9.17, 15) is 0 Å². The van der Waals surface area contributed by atoms with Gasteiger partial charge in [0.1, 0.15) is 0 Å². The third-order valence-corrected chi connectivity index (χ3v) is 2.90. The number of fused-ring (bicyclic) bond motifs is 1. The van der Waals surface area contributed by atoms with Crippen LogP contribution in [0.3, 0.4) is 0 Å². The van der Waals surface area contributed by atoms with E-state index in [2.05, 4.69) is 15.5 Å². The molecule has 0 amide bonds. The highest BCUT2D eigenvalue weighted by molar-refractivity contribution is 7.22. The molecule has 0 saturated carbocycles. The monoisotopic (exact) mass is 293 g/mol. The van der Waals surface area contributed by atoms with E-state index in [0.717, 1.165) is 10.2 Å². The van der Waals surface area contributed by atoms with Crippen LogP contribution in [-0.2, 0) is 0 Å². The van der Waals surface area contributed by atoms with Gasteiger partial charge in [-0.2, -0.15) is 5.10 Å². The summed E-state index contributed by atoms with van der Waals surface area (Å²) < 4.78 is -0.418. The van der Waals surface area contributed by atoms with Crippen LogP contribution in [0.1, 0.15) is 0 Å². The van der Waals surface area contributed by atoms with Crippen molar-refractivity contribution in [2.45, 2.75) is 3.79 Å². The largest absolute Gasteiger partial charge is 0.253 e. The third kappa shape index (κ3) is 3.22. The van der Waals surface area contributed by atoms with E-state index in [1.807, 2.05) is 24.3 Å². The maximum absolute atomic E-state index is 5.50. The predicted molar refractivity (Wildman–Crippen MR) is 72.0 cm³/mol. The summed E-state index contributed by atoms with van der Waals surface area (Å²) in [5, 5.41) is 4.44. The molecule has 2 rings (SSSR count). The average molecular weight is 295 g/mol. The molecule has 0 radical (unpaired) electrons. The van der Waals surface area contributed by atoms with Gasteiger partial charge < -0.3 is 0 Å². The highest BCUT2D eigenvalue weighted by atomic mass is 35.6. The summed E-state index contributed by atoms with van der Waals surface area (Å²) in [5.41, 5.74) is 3.63. The first-order chi connectivity index (χ1) is 7.54. The molecule has 7 heteroatoms. The molecule has 1 aromatic heterocycles. The number of alkyl halides is 3. The SMILES string of the molecule is ClC(Cl)(Cl)C=NNc1nc2ccccc2s1. The van der Waals surface area contributed by atoms with Crippen LogP contribution in [0.5, 0.6) is 0 Å². The number of aromatic nitrogens is 1. The van der Waals surface area contributed by atoms with Crippen LogP contribution >= 0.6 is 46.1 Å². The molecule has 0 unspecified atom stereocenters. The summed E-state index contributed by atoms with van der Waals surface area (Å²) in [6.07, 6.45) is 1.18. The summed E-state index contributed by atoms with van der Waals surface area (Å²) in [5.74, 6) is 0. The Bertz CT molecular complexity index is 485. The zero-order chi connectivity index (χ0) is 11.6. The number of para-hydroxylation sites is 1. The average Bonchev–Trinajstić information content (AvgIpc) is 2.57. The first-order valence-corrected chi connectivity index (χ1v) is 6.22. The quantitative estimate of drug-likeness (QED) is 0.515. The zero-order valence-electron chi connectivity index (χ0n) is 7.82. The first kappa shape index (κ1) is 11.9. The van der Waals surface area contributed by atoms with Gasteiger partial charge in [-0.1, -0.05) is 58.3 Å². The second-order valence-corrected chi connectivity index (χ2v) is 6.30. The molecule has 2 aromatic rings. The smallest absolute Gasteiger partial charge is 0.227 e. The van der Waals surface area contributed by atoms with E-state index < -0.39 is 3.79 Å². The lowest BCUT2D eigenvalue weighted by molar-refractivity contribution is 1.30. The summed E-state index contributed by atoms with van der Waals surface area (Å²) in [4.78, 5) is 4.30. The number of nitrogens with one attached hydrogen (secondary N) is 1. The Hall–Kier alpha value is -0.550. The van der Waals surface area contributed by atoms with Gasteiger partial charge in [0.05, 0.1) is 16.4 Å². The molecular weight excluding hydrogens is 289 g/mol. The number of hydrogen-bond donors (Lipinski definition) is 1. The Balaban J connectivity index is 2.13. The van der Waals surface area contributed by atoms with Gasteiger partial charge in [-0.15, -0.1) is 0 Å². The lowest BCUT2D eigenvalue weighted by atomic mass is 10.3. The Morgan fingerprint density at radius 1 is 1.31 bits per heavy atom. The Labute approximate surface area is 111 Å². The van der Waals surface area contributed by atoms with Gasteiger partial charge in [0, 0.05) is 0 Å². The summed E-state index contributed by atoms with van der Waals surface area (Å²) in [6, 6.07) is 7.79. The molecule has 0 aliphatic heterocycles. The molecule has 0 spiro atoms.